The van der Waals surface area contributed by atoms with Crippen LogP contribution in [0.15, 0.2) is 28.3 Å². The largest absolute Gasteiger partial charge is 0.399 e. The Morgan fingerprint density at radius 1 is 1.44 bits per heavy atom. The fourth-order valence-electron chi connectivity index (χ4n) is 1.68. The summed E-state index contributed by atoms with van der Waals surface area (Å²) in [5.74, 6) is -0.506. The molecular formula is C10H10FNO3S. The molecule has 0 bridgehead atoms. The van der Waals surface area contributed by atoms with Crippen LogP contribution in [0.2, 0.25) is 0 Å². The van der Waals surface area contributed by atoms with Crippen molar-refractivity contribution in [3.63, 3.8) is 0 Å². The van der Waals surface area contributed by atoms with Crippen molar-refractivity contribution in [1.29, 1.82) is 0 Å². The Bertz CT molecular complexity index is 551. The molecule has 0 spiro atoms. The topological polar surface area (TPSA) is 55.7 Å². The lowest BCUT2D eigenvalue weighted by atomic mass is 10.1. The highest BCUT2D eigenvalue weighted by atomic mass is 32.2. The van der Waals surface area contributed by atoms with Gasteiger partial charge in [-0.1, -0.05) is 5.16 Å². The normalized spacial score (nSPS) is 20.5. The van der Waals surface area contributed by atoms with Crippen molar-refractivity contribution < 1.29 is 17.6 Å². The van der Waals surface area contributed by atoms with Crippen molar-refractivity contribution in [3.8, 4) is 0 Å². The molecule has 2 rings (SSSR count). The first-order chi connectivity index (χ1) is 7.54. The summed E-state index contributed by atoms with van der Waals surface area (Å²) in [6, 6.07) is 3.57. The van der Waals surface area contributed by atoms with E-state index in [1.165, 1.54) is 19.2 Å². The molecule has 0 amide bonds. The van der Waals surface area contributed by atoms with Gasteiger partial charge in [0.05, 0.1) is 16.4 Å². The van der Waals surface area contributed by atoms with Crippen LogP contribution in [-0.2, 0) is 14.7 Å². The third-order valence-electron chi connectivity index (χ3n) is 2.40. The Morgan fingerprint density at radius 3 is 2.88 bits per heavy atom. The predicted octanol–water partition coefficient (Wildman–Crippen LogP) is 1.35. The Hall–Kier alpha value is -1.43. The molecule has 0 aliphatic carbocycles. The number of sulfone groups is 1. The second-order valence-corrected chi connectivity index (χ2v) is 5.51. The fraction of sp³-hybridized carbons (Fsp3) is 0.300. The monoisotopic (exact) mass is 243 g/mol. The Kier molecular flexibility index (Phi) is 2.67. The van der Waals surface area contributed by atoms with Crippen molar-refractivity contribution in [2.24, 2.45) is 5.16 Å². The molecule has 1 heterocycles. The first-order valence-electron chi connectivity index (χ1n) is 4.67. The van der Waals surface area contributed by atoms with Crippen molar-refractivity contribution in [2.75, 3.05) is 12.9 Å². The standard InChI is InChI=1S/C10H10FNO3S/c1-15-12-9-4-5-16(13,14)10-3-2-7(11)6-8(9)10/h2-3,6H,4-5H2,1H3/b12-9-. The summed E-state index contributed by atoms with van der Waals surface area (Å²) >= 11 is 0. The Morgan fingerprint density at radius 2 is 2.19 bits per heavy atom. The van der Waals surface area contributed by atoms with Gasteiger partial charge in [0.2, 0.25) is 0 Å². The summed E-state index contributed by atoms with van der Waals surface area (Å²) in [6.07, 6.45) is 0.243. The van der Waals surface area contributed by atoms with E-state index in [0.29, 0.717) is 11.3 Å². The van der Waals surface area contributed by atoms with E-state index in [9.17, 15) is 12.8 Å². The maximum Gasteiger partial charge on any atom is 0.179 e. The van der Waals surface area contributed by atoms with E-state index < -0.39 is 15.7 Å². The van der Waals surface area contributed by atoms with Crippen LogP contribution in [0, 0.1) is 5.82 Å². The zero-order valence-corrected chi connectivity index (χ0v) is 9.42. The maximum atomic E-state index is 13.1. The van der Waals surface area contributed by atoms with Gasteiger partial charge in [-0.05, 0) is 18.2 Å². The van der Waals surface area contributed by atoms with E-state index in [4.69, 9.17) is 0 Å². The number of halogens is 1. The van der Waals surface area contributed by atoms with Gasteiger partial charge in [-0.15, -0.1) is 0 Å². The number of rotatable bonds is 1. The molecule has 0 atom stereocenters. The van der Waals surface area contributed by atoms with Crippen molar-refractivity contribution in [2.45, 2.75) is 11.3 Å². The molecular weight excluding hydrogens is 233 g/mol. The molecule has 1 aromatic rings. The molecule has 0 saturated heterocycles. The van der Waals surface area contributed by atoms with Gasteiger partial charge < -0.3 is 4.84 Å². The van der Waals surface area contributed by atoms with Gasteiger partial charge >= 0.3 is 0 Å². The zero-order valence-electron chi connectivity index (χ0n) is 8.60. The molecule has 16 heavy (non-hydrogen) atoms. The van der Waals surface area contributed by atoms with Crippen LogP contribution < -0.4 is 0 Å². The number of nitrogens with zero attached hydrogens (tertiary/aromatic N) is 1. The maximum absolute atomic E-state index is 13.1. The van der Waals surface area contributed by atoms with E-state index in [1.54, 1.807) is 0 Å². The molecule has 0 N–H and O–H groups in total. The van der Waals surface area contributed by atoms with E-state index in [2.05, 4.69) is 9.99 Å². The van der Waals surface area contributed by atoms with E-state index in [-0.39, 0.29) is 17.1 Å². The van der Waals surface area contributed by atoms with Crippen LogP contribution in [0.4, 0.5) is 4.39 Å². The van der Waals surface area contributed by atoms with Crippen LogP contribution in [0.1, 0.15) is 12.0 Å². The number of oxime groups is 1. The van der Waals surface area contributed by atoms with Crippen LogP contribution in [-0.4, -0.2) is 27.0 Å². The lowest BCUT2D eigenvalue weighted by Crippen LogP contribution is -2.22. The number of hydrogen-bond acceptors (Lipinski definition) is 4. The lowest BCUT2D eigenvalue weighted by Gasteiger charge is -2.17. The average Bonchev–Trinajstić information content (AvgIpc) is 2.22. The van der Waals surface area contributed by atoms with Crippen LogP contribution >= 0.6 is 0 Å². The van der Waals surface area contributed by atoms with E-state index in [0.717, 1.165) is 6.07 Å². The molecule has 1 aliphatic heterocycles. The van der Waals surface area contributed by atoms with Gasteiger partial charge in [0.15, 0.2) is 9.84 Å². The minimum absolute atomic E-state index is 0.0200. The highest BCUT2D eigenvalue weighted by Gasteiger charge is 2.28. The fourth-order valence-corrected chi connectivity index (χ4v) is 3.15. The van der Waals surface area contributed by atoms with Gasteiger partial charge in [0.1, 0.15) is 12.9 Å². The minimum atomic E-state index is -3.31. The molecule has 1 aromatic carbocycles. The molecule has 0 aromatic heterocycles. The third-order valence-corrected chi connectivity index (χ3v) is 4.16. The van der Waals surface area contributed by atoms with E-state index >= 15 is 0 Å². The molecule has 86 valence electrons. The minimum Gasteiger partial charge on any atom is -0.399 e. The van der Waals surface area contributed by atoms with Crippen LogP contribution in [0.5, 0.6) is 0 Å². The molecule has 4 nitrogen and oxygen atoms in total. The molecule has 1 aliphatic rings. The quantitative estimate of drug-likeness (QED) is 0.552. The smallest absolute Gasteiger partial charge is 0.179 e. The second kappa shape index (κ2) is 3.86. The van der Waals surface area contributed by atoms with Crippen molar-refractivity contribution in [1.82, 2.24) is 0 Å². The van der Waals surface area contributed by atoms with Crippen molar-refractivity contribution in [3.05, 3.63) is 29.6 Å². The van der Waals surface area contributed by atoms with Gasteiger partial charge in [0, 0.05) is 12.0 Å². The van der Waals surface area contributed by atoms with Crippen LogP contribution in [0.25, 0.3) is 0 Å². The molecule has 0 unspecified atom stereocenters. The highest BCUT2D eigenvalue weighted by Crippen LogP contribution is 2.26. The van der Waals surface area contributed by atoms with Gasteiger partial charge in [0.25, 0.3) is 0 Å². The number of benzene rings is 1. The Labute approximate surface area is 92.6 Å². The average molecular weight is 243 g/mol. The van der Waals surface area contributed by atoms with Gasteiger partial charge in [-0.3, -0.25) is 0 Å². The summed E-state index contributed by atoms with van der Waals surface area (Å²) in [5, 5.41) is 3.72. The van der Waals surface area contributed by atoms with Crippen LogP contribution in [0.3, 0.4) is 0 Å². The molecule has 0 fully saturated rings. The van der Waals surface area contributed by atoms with Crippen molar-refractivity contribution >= 4 is 15.5 Å². The summed E-state index contributed by atoms with van der Waals surface area (Å²) in [4.78, 5) is 4.74. The summed E-state index contributed by atoms with van der Waals surface area (Å²) in [5.41, 5.74) is 0.764. The Balaban J connectivity index is 2.68. The number of fused-ring (bicyclic) bond motifs is 1. The predicted molar refractivity (Wildman–Crippen MR) is 56.6 cm³/mol. The SMILES string of the molecule is CO/N=C1/CCS(=O)(=O)c2ccc(F)cc21. The molecule has 0 saturated carbocycles. The van der Waals surface area contributed by atoms with Gasteiger partial charge in [-0.25, -0.2) is 12.8 Å². The molecule has 0 radical (unpaired) electrons. The van der Waals surface area contributed by atoms with E-state index in [1.807, 2.05) is 0 Å². The second-order valence-electron chi connectivity index (χ2n) is 3.43. The summed E-state index contributed by atoms with van der Waals surface area (Å²) in [7, 11) is -1.94. The molecule has 6 heteroatoms. The zero-order chi connectivity index (χ0) is 11.8. The van der Waals surface area contributed by atoms with Gasteiger partial charge in [-0.2, -0.15) is 0 Å². The first-order valence-corrected chi connectivity index (χ1v) is 6.32. The lowest BCUT2D eigenvalue weighted by molar-refractivity contribution is 0.213. The summed E-state index contributed by atoms with van der Waals surface area (Å²) in [6.45, 7) is 0. The number of hydrogen-bond donors (Lipinski definition) is 0. The summed E-state index contributed by atoms with van der Waals surface area (Å²) < 4.78 is 36.5. The highest BCUT2D eigenvalue weighted by molar-refractivity contribution is 7.91. The third kappa shape index (κ3) is 1.80. The first kappa shape index (κ1) is 11.1.